The number of halogens is 3. The Morgan fingerprint density at radius 2 is 2.06 bits per heavy atom. The number of alkyl halides is 3. The van der Waals surface area contributed by atoms with Crippen molar-refractivity contribution >= 4 is 28.8 Å². The average Bonchev–Trinajstić information content (AvgIpc) is 3.41. The molecule has 1 aromatic heterocycles. The van der Waals surface area contributed by atoms with Gasteiger partial charge in [-0.15, -0.1) is 0 Å². The third-order valence-corrected chi connectivity index (χ3v) is 6.34. The number of hydrogen-bond acceptors (Lipinski definition) is 4. The van der Waals surface area contributed by atoms with Crippen molar-refractivity contribution in [3.8, 4) is 5.75 Å². The van der Waals surface area contributed by atoms with Crippen LogP contribution in [0.5, 0.6) is 5.75 Å². The molecule has 2 amide bonds. The molecule has 1 aliphatic heterocycles. The summed E-state index contributed by atoms with van der Waals surface area (Å²) in [5, 5.41) is 4.24. The van der Waals surface area contributed by atoms with Crippen molar-refractivity contribution in [3.63, 3.8) is 0 Å². The number of aryl methyl sites for hydroxylation is 1. The Morgan fingerprint density at radius 1 is 1.35 bits per heavy atom. The predicted molar refractivity (Wildman–Crippen MR) is 108 cm³/mol. The number of imidazole rings is 1. The van der Waals surface area contributed by atoms with Gasteiger partial charge in [0, 0.05) is 12.0 Å². The second kappa shape index (κ2) is 7.72. The van der Waals surface area contributed by atoms with Crippen LogP contribution in [-0.2, 0) is 21.7 Å². The Labute approximate surface area is 177 Å². The number of hydrogen-bond donors (Lipinski definition) is 2. The third-order valence-electron chi connectivity index (χ3n) is 6.34. The standard InChI is InChI=1S/C21H25F3N4O3/c1-3-13-15(31-2)10-9-14-17(13)25-19-26-18(30)20(28(14)19,21(22,23)24)27-16(29)11-8-12-6-4-5-7-12/h9-10,12H,3-8,11H2,1-2H3,(H,27,29)(H,25,26,30). The fourth-order valence-corrected chi connectivity index (χ4v) is 4.77. The van der Waals surface area contributed by atoms with E-state index >= 15 is 0 Å². The van der Waals surface area contributed by atoms with Crippen LogP contribution in [0, 0.1) is 5.92 Å². The summed E-state index contributed by atoms with van der Waals surface area (Å²) < 4.78 is 49.4. The maximum Gasteiger partial charge on any atom is 0.440 e. The number of ether oxygens (including phenoxy) is 1. The van der Waals surface area contributed by atoms with Crippen LogP contribution in [0.3, 0.4) is 0 Å². The minimum absolute atomic E-state index is 0.0637. The SMILES string of the molecule is CCc1c(OC)ccc2c1nc1n2C(NC(=O)CCC2CCCC2)(C(F)(F)F)C(=O)N1. The molecule has 0 spiro atoms. The molecule has 1 saturated carbocycles. The van der Waals surface area contributed by atoms with E-state index in [-0.39, 0.29) is 17.9 Å². The first-order valence-electron chi connectivity index (χ1n) is 10.5. The average molecular weight is 438 g/mol. The Bertz CT molecular complexity index is 1030. The van der Waals surface area contributed by atoms with Crippen LogP contribution in [0.4, 0.5) is 19.1 Å². The molecule has 0 bridgehead atoms. The molecular formula is C21H25F3N4O3. The van der Waals surface area contributed by atoms with Gasteiger partial charge >= 0.3 is 6.18 Å². The molecule has 168 valence electrons. The molecule has 2 heterocycles. The number of methoxy groups -OCH3 is 1. The number of fused-ring (bicyclic) bond motifs is 3. The fraction of sp³-hybridized carbons (Fsp3) is 0.571. The highest BCUT2D eigenvalue weighted by molar-refractivity contribution is 6.05. The lowest BCUT2D eigenvalue weighted by molar-refractivity contribution is -0.217. The lowest BCUT2D eigenvalue weighted by atomic mass is 10.0. The number of nitrogens with zero attached hydrogens (tertiary/aromatic N) is 2. The van der Waals surface area contributed by atoms with Crippen molar-refractivity contribution in [1.29, 1.82) is 0 Å². The van der Waals surface area contributed by atoms with Gasteiger partial charge < -0.3 is 10.1 Å². The molecule has 1 fully saturated rings. The Morgan fingerprint density at radius 3 is 2.68 bits per heavy atom. The Kier molecular flexibility index (Phi) is 5.35. The Hall–Kier alpha value is -2.78. The predicted octanol–water partition coefficient (Wildman–Crippen LogP) is 3.86. The number of carbonyl (C=O) groups is 2. The Balaban J connectivity index is 1.77. The quantitative estimate of drug-likeness (QED) is 0.717. The van der Waals surface area contributed by atoms with E-state index in [2.05, 4.69) is 10.3 Å². The first kappa shape index (κ1) is 21.5. The number of aromatic nitrogens is 2. The molecule has 2 aromatic rings. The summed E-state index contributed by atoms with van der Waals surface area (Å²) in [6.45, 7) is 1.84. The lowest BCUT2D eigenvalue weighted by Crippen LogP contribution is -2.63. The van der Waals surface area contributed by atoms with E-state index in [1.165, 1.54) is 13.2 Å². The van der Waals surface area contributed by atoms with Crippen molar-refractivity contribution in [3.05, 3.63) is 17.7 Å². The van der Waals surface area contributed by atoms with Crippen LogP contribution in [-0.4, -0.2) is 34.7 Å². The van der Waals surface area contributed by atoms with Crippen LogP contribution in [0.1, 0.15) is 51.0 Å². The summed E-state index contributed by atoms with van der Waals surface area (Å²) in [5.74, 6) is -1.59. The largest absolute Gasteiger partial charge is 0.496 e. The highest BCUT2D eigenvalue weighted by Crippen LogP contribution is 2.45. The summed E-state index contributed by atoms with van der Waals surface area (Å²) in [5.41, 5.74) is -2.23. The van der Waals surface area contributed by atoms with Gasteiger partial charge in [0.1, 0.15) is 5.75 Å². The van der Waals surface area contributed by atoms with Gasteiger partial charge in [-0.3, -0.25) is 19.5 Å². The number of anilines is 1. The van der Waals surface area contributed by atoms with Gasteiger partial charge in [0.05, 0.1) is 18.1 Å². The highest BCUT2D eigenvalue weighted by Gasteiger charge is 2.67. The van der Waals surface area contributed by atoms with Gasteiger partial charge in [0.2, 0.25) is 11.9 Å². The van der Waals surface area contributed by atoms with Gasteiger partial charge in [0.15, 0.2) is 0 Å². The van der Waals surface area contributed by atoms with E-state index in [0.717, 1.165) is 30.3 Å². The van der Waals surface area contributed by atoms with Gasteiger partial charge in [-0.25, -0.2) is 4.98 Å². The number of nitrogens with one attached hydrogen (secondary N) is 2. The summed E-state index contributed by atoms with van der Waals surface area (Å²) in [4.78, 5) is 29.5. The van der Waals surface area contributed by atoms with Crippen LogP contribution < -0.4 is 15.4 Å². The first-order valence-corrected chi connectivity index (χ1v) is 10.5. The molecule has 4 rings (SSSR count). The van der Waals surface area contributed by atoms with Crippen LogP contribution >= 0.6 is 0 Å². The molecule has 1 aliphatic carbocycles. The minimum atomic E-state index is -5.08. The molecule has 0 radical (unpaired) electrons. The normalized spacial score (nSPS) is 21.4. The molecular weight excluding hydrogens is 413 g/mol. The molecule has 1 unspecified atom stereocenters. The zero-order valence-corrected chi connectivity index (χ0v) is 17.4. The number of rotatable bonds is 6. The maximum atomic E-state index is 14.4. The summed E-state index contributed by atoms with van der Waals surface area (Å²) in [6.07, 6.45) is -0.0410. The number of amides is 2. The molecule has 7 nitrogen and oxygen atoms in total. The molecule has 2 N–H and O–H groups in total. The van der Waals surface area contributed by atoms with Crippen molar-refractivity contribution in [2.24, 2.45) is 5.92 Å². The molecule has 2 aliphatic rings. The minimum Gasteiger partial charge on any atom is -0.496 e. The third kappa shape index (κ3) is 3.32. The second-order valence-electron chi connectivity index (χ2n) is 8.14. The summed E-state index contributed by atoms with van der Waals surface area (Å²) in [6, 6.07) is 2.97. The van der Waals surface area contributed by atoms with Crippen molar-refractivity contribution in [1.82, 2.24) is 14.9 Å². The van der Waals surface area contributed by atoms with Gasteiger partial charge in [0.25, 0.3) is 11.6 Å². The van der Waals surface area contributed by atoms with E-state index in [1.807, 2.05) is 12.2 Å². The van der Waals surface area contributed by atoms with Crippen molar-refractivity contribution in [2.75, 3.05) is 12.4 Å². The van der Waals surface area contributed by atoms with E-state index in [9.17, 15) is 22.8 Å². The zero-order valence-electron chi connectivity index (χ0n) is 17.4. The summed E-state index contributed by atoms with van der Waals surface area (Å²) in [7, 11) is 1.47. The van der Waals surface area contributed by atoms with E-state index in [1.54, 1.807) is 6.07 Å². The monoisotopic (exact) mass is 438 g/mol. The molecule has 31 heavy (non-hydrogen) atoms. The first-order chi connectivity index (χ1) is 14.7. The molecule has 1 aromatic carbocycles. The van der Waals surface area contributed by atoms with Crippen molar-refractivity contribution < 1.29 is 27.5 Å². The fourth-order valence-electron chi connectivity index (χ4n) is 4.77. The molecule has 10 heteroatoms. The maximum absolute atomic E-state index is 14.4. The zero-order chi connectivity index (χ0) is 22.4. The highest BCUT2D eigenvalue weighted by atomic mass is 19.4. The molecule has 0 saturated heterocycles. The molecule has 1 atom stereocenters. The second-order valence-corrected chi connectivity index (χ2v) is 8.14. The van der Waals surface area contributed by atoms with Gasteiger partial charge in [-0.1, -0.05) is 32.6 Å². The smallest absolute Gasteiger partial charge is 0.440 e. The number of carbonyl (C=O) groups excluding carboxylic acids is 2. The van der Waals surface area contributed by atoms with Crippen LogP contribution in [0.15, 0.2) is 12.1 Å². The van der Waals surface area contributed by atoms with Gasteiger partial charge in [-0.05, 0) is 30.9 Å². The topological polar surface area (TPSA) is 85.2 Å². The van der Waals surface area contributed by atoms with E-state index in [4.69, 9.17) is 4.74 Å². The van der Waals surface area contributed by atoms with Crippen LogP contribution in [0.2, 0.25) is 0 Å². The number of benzene rings is 1. The van der Waals surface area contributed by atoms with Crippen LogP contribution in [0.25, 0.3) is 11.0 Å². The van der Waals surface area contributed by atoms with Crippen molar-refractivity contribution in [2.45, 2.75) is 63.7 Å². The van der Waals surface area contributed by atoms with Gasteiger partial charge in [-0.2, -0.15) is 13.2 Å². The summed E-state index contributed by atoms with van der Waals surface area (Å²) >= 11 is 0. The van der Waals surface area contributed by atoms with E-state index in [0.29, 0.717) is 35.6 Å². The lowest BCUT2D eigenvalue weighted by Gasteiger charge is -2.32. The van der Waals surface area contributed by atoms with E-state index < -0.39 is 23.7 Å².